The van der Waals surface area contributed by atoms with E-state index in [0.29, 0.717) is 23.1 Å². The highest BCUT2D eigenvalue weighted by atomic mass is 32.1. The number of hydrogen-bond acceptors (Lipinski definition) is 5. The summed E-state index contributed by atoms with van der Waals surface area (Å²) in [5, 5.41) is 3.54. The average molecular weight is 294 g/mol. The first kappa shape index (κ1) is 14.5. The number of rotatable bonds is 4. The quantitative estimate of drug-likeness (QED) is 0.871. The fraction of sp³-hybridized carbons (Fsp3) is 0.286. The van der Waals surface area contributed by atoms with Crippen LogP contribution in [0.1, 0.15) is 27.9 Å². The highest BCUT2D eigenvalue weighted by Gasteiger charge is 2.16. The number of carbonyl (C=O) groups excluding carboxylic acids is 1. The largest absolute Gasteiger partial charge is 0.461 e. The number of benzene rings is 1. The molecule has 0 saturated carbocycles. The summed E-state index contributed by atoms with van der Waals surface area (Å²) in [6.45, 7) is 5.66. The van der Waals surface area contributed by atoms with Crippen molar-refractivity contribution in [2.24, 2.45) is 0 Å². The molecule has 1 aromatic carbocycles. The third kappa shape index (κ3) is 3.33. The van der Waals surface area contributed by atoms with E-state index in [4.69, 9.17) is 4.74 Å². The summed E-state index contributed by atoms with van der Waals surface area (Å²) in [7, 11) is 0. The zero-order valence-electron chi connectivity index (χ0n) is 11.5. The molecule has 1 heterocycles. The van der Waals surface area contributed by atoms with Crippen molar-refractivity contribution in [3.05, 3.63) is 40.2 Å². The number of ether oxygens (including phenoxy) is 1. The van der Waals surface area contributed by atoms with Crippen LogP contribution in [0.4, 0.5) is 15.2 Å². The molecular weight excluding hydrogens is 279 g/mol. The number of aryl methyl sites for hydroxylation is 2. The molecular formula is C14H15FN2O2S. The van der Waals surface area contributed by atoms with E-state index in [9.17, 15) is 9.18 Å². The second-order valence-electron chi connectivity index (χ2n) is 4.29. The molecule has 2 aromatic rings. The SMILES string of the molecule is CCOC(=O)c1nc(Nc2cc(C)cc(F)c2)sc1C. The first-order chi connectivity index (χ1) is 9.49. The maximum atomic E-state index is 13.3. The van der Waals surface area contributed by atoms with Gasteiger partial charge in [0.1, 0.15) is 5.82 Å². The number of anilines is 2. The number of nitrogens with one attached hydrogen (secondary N) is 1. The van der Waals surface area contributed by atoms with Gasteiger partial charge in [0.2, 0.25) is 0 Å². The molecule has 0 bridgehead atoms. The Balaban J connectivity index is 2.22. The minimum absolute atomic E-state index is 0.299. The lowest BCUT2D eigenvalue weighted by atomic mass is 10.2. The van der Waals surface area contributed by atoms with Gasteiger partial charge in [-0.2, -0.15) is 0 Å². The lowest BCUT2D eigenvalue weighted by molar-refractivity contribution is 0.0519. The predicted molar refractivity (Wildman–Crippen MR) is 77.2 cm³/mol. The molecule has 0 spiro atoms. The van der Waals surface area contributed by atoms with Crippen molar-refractivity contribution in [3.8, 4) is 0 Å². The van der Waals surface area contributed by atoms with Crippen LogP contribution < -0.4 is 5.32 Å². The fourth-order valence-corrected chi connectivity index (χ4v) is 2.59. The maximum absolute atomic E-state index is 13.3. The van der Waals surface area contributed by atoms with Gasteiger partial charge in [-0.15, -0.1) is 11.3 Å². The highest BCUT2D eigenvalue weighted by Crippen LogP contribution is 2.26. The third-order valence-electron chi connectivity index (χ3n) is 2.56. The van der Waals surface area contributed by atoms with E-state index in [2.05, 4.69) is 10.3 Å². The van der Waals surface area contributed by atoms with E-state index in [1.165, 1.54) is 23.5 Å². The Labute approximate surface area is 120 Å². The van der Waals surface area contributed by atoms with Gasteiger partial charge in [0, 0.05) is 10.6 Å². The molecule has 0 unspecified atom stereocenters. The van der Waals surface area contributed by atoms with Crippen LogP contribution in [0.25, 0.3) is 0 Å². The topological polar surface area (TPSA) is 51.2 Å². The van der Waals surface area contributed by atoms with Gasteiger partial charge < -0.3 is 10.1 Å². The molecule has 0 atom stereocenters. The summed E-state index contributed by atoms with van der Waals surface area (Å²) in [6.07, 6.45) is 0. The molecule has 1 N–H and O–H groups in total. The Morgan fingerprint density at radius 2 is 2.15 bits per heavy atom. The summed E-state index contributed by atoms with van der Waals surface area (Å²) in [4.78, 5) is 16.6. The standard InChI is InChI=1S/C14H15FN2O2S/c1-4-19-13(18)12-9(3)20-14(17-12)16-11-6-8(2)5-10(15)7-11/h5-7H,4H2,1-3H3,(H,16,17). The van der Waals surface area contributed by atoms with Gasteiger partial charge in [-0.3, -0.25) is 0 Å². The second kappa shape index (κ2) is 6.00. The molecule has 2 rings (SSSR count). The number of thiazole rings is 1. The van der Waals surface area contributed by atoms with Crippen LogP contribution in [0.2, 0.25) is 0 Å². The Bertz CT molecular complexity index is 620. The van der Waals surface area contributed by atoms with Crippen molar-refractivity contribution in [3.63, 3.8) is 0 Å². The number of nitrogens with zero attached hydrogens (tertiary/aromatic N) is 1. The maximum Gasteiger partial charge on any atom is 0.358 e. The van der Waals surface area contributed by atoms with E-state index < -0.39 is 5.97 Å². The molecule has 4 nitrogen and oxygen atoms in total. The summed E-state index contributed by atoms with van der Waals surface area (Å²) in [5.41, 5.74) is 1.71. The van der Waals surface area contributed by atoms with Crippen molar-refractivity contribution in [1.29, 1.82) is 0 Å². The molecule has 0 aliphatic rings. The van der Waals surface area contributed by atoms with Crippen molar-refractivity contribution < 1.29 is 13.9 Å². The number of carbonyl (C=O) groups is 1. The minimum atomic E-state index is -0.440. The first-order valence-corrected chi connectivity index (χ1v) is 7.00. The van der Waals surface area contributed by atoms with E-state index in [-0.39, 0.29) is 5.82 Å². The smallest absolute Gasteiger partial charge is 0.358 e. The lowest BCUT2D eigenvalue weighted by Crippen LogP contribution is -2.06. The zero-order chi connectivity index (χ0) is 14.7. The minimum Gasteiger partial charge on any atom is -0.461 e. The molecule has 0 amide bonds. The lowest BCUT2D eigenvalue weighted by Gasteiger charge is -2.04. The Morgan fingerprint density at radius 1 is 1.40 bits per heavy atom. The van der Waals surface area contributed by atoms with Crippen molar-refractivity contribution >= 4 is 28.1 Å². The number of esters is 1. The van der Waals surface area contributed by atoms with Gasteiger partial charge in [-0.1, -0.05) is 0 Å². The van der Waals surface area contributed by atoms with Crippen molar-refractivity contribution in [2.45, 2.75) is 20.8 Å². The van der Waals surface area contributed by atoms with Crippen LogP contribution in [0.3, 0.4) is 0 Å². The monoisotopic (exact) mass is 294 g/mol. The van der Waals surface area contributed by atoms with Crippen molar-refractivity contribution in [2.75, 3.05) is 11.9 Å². The summed E-state index contributed by atoms with van der Waals surface area (Å²) in [5.74, 6) is -0.754. The average Bonchev–Trinajstić information content (AvgIpc) is 2.69. The first-order valence-electron chi connectivity index (χ1n) is 6.18. The molecule has 106 valence electrons. The Morgan fingerprint density at radius 3 is 2.80 bits per heavy atom. The van der Waals surface area contributed by atoms with Crippen LogP contribution >= 0.6 is 11.3 Å². The summed E-state index contributed by atoms with van der Waals surface area (Å²) in [6, 6.07) is 4.64. The van der Waals surface area contributed by atoms with E-state index in [0.717, 1.165) is 10.4 Å². The Hall–Kier alpha value is -1.95. The van der Waals surface area contributed by atoms with Crippen LogP contribution in [0.5, 0.6) is 0 Å². The van der Waals surface area contributed by atoms with Crippen LogP contribution in [0, 0.1) is 19.7 Å². The van der Waals surface area contributed by atoms with Gasteiger partial charge in [0.25, 0.3) is 0 Å². The molecule has 0 aliphatic carbocycles. The van der Waals surface area contributed by atoms with Crippen LogP contribution in [0.15, 0.2) is 18.2 Å². The summed E-state index contributed by atoms with van der Waals surface area (Å²) < 4.78 is 18.2. The number of hydrogen-bond donors (Lipinski definition) is 1. The van der Waals surface area contributed by atoms with Gasteiger partial charge in [-0.05, 0) is 44.5 Å². The normalized spacial score (nSPS) is 10.4. The van der Waals surface area contributed by atoms with Crippen LogP contribution in [-0.4, -0.2) is 17.6 Å². The van der Waals surface area contributed by atoms with Gasteiger partial charge in [-0.25, -0.2) is 14.2 Å². The molecule has 1 aromatic heterocycles. The predicted octanol–water partition coefficient (Wildman–Crippen LogP) is 3.82. The number of aromatic nitrogens is 1. The Kier molecular flexibility index (Phi) is 4.34. The highest BCUT2D eigenvalue weighted by molar-refractivity contribution is 7.15. The van der Waals surface area contributed by atoms with E-state index >= 15 is 0 Å². The number of halogens is 1. The third-order valence-corrected chi connectivity index (χ3v) is 3.45. The van der Waals surface area contributed by atoms with E-state index in [1.54, 1.807) is 13.8 Å². The fourth-order valence-electron chi connectivity index (χ4n) is 1.77. The molecule has 0 fully saturated rings. The van der Waals surface area contributed by atoms with Crippen molar-refractivity contribution in [1.82, 2.24) is 4.98 Å². The van der Waals surface area contributed by atoms with E-state index in [1.807, 2.05) is 13.0 Å². The van der Waals surface area contributed by atoms with Gasteiger partial charge >= 0.3 is 5.97 Å². The molecule has 0 saturated heterocycles. The van der Waals surface area contributed by atoms with Gasteiger partial charge in [0.15, 0.2) is 10.8 Å². The summed E-state index contributed by atoms with van der Waals surface area (Å²) >= 11 is 1.33. The molecule has 6 heteroatoms. The molecule has 20 heavy (non-hydrogen) atoms. The molecule has 0 aliphatic heterocycles. The zero-order valence-corrected chi connectivity index (χ0v) is 12.3. The second-order valence-corrected chi connectivity index (χ2v) is 5.49. The van der Waals surface area contributed by atoms with Gasteiger partial charge in [0.05, 0.1) is 6.61 Å². The molecule has 0 radical (unpaired) electrons. The van der Waals surface area contributed by atoms with Crippen LogP contribution in [-0.2, 0) is 4.74 Å².